The van der Waals surface area contributed by atoms with Gasteiger partial charge in [-0.3, -0.25) is 9.78 Å². The van der Waals surface area contributed by atoms with Crippen molar-refractivity contribution in [1.29, 1.82) is 0 Å². The summed E-state index contributed by atoms with van der Waals surface area (Å²) in [6.07, 6.45) is 9.78. The van der Waals surface area contributed by atoms with Crippen LogP contribution in [0.2, 0.25) is 0 Å². The van der Waals surface area contributed by atoms with Crippen LogP contribution in [0.4, 0.5) is 0 Å². The Hall–Kier alpha value is -2.28. The lowest BCUT2D eigenvalue weighted by molar-refractivity contribution is 0.0925. The maximum atomic E-state index is 12.7. The highest BCUT2D eigenvalue weighted by atomic mass is 16.2. The molecule has 3 N–H and O–H groups in total. The molecule has 2 saturated carbocycles. The number of aryl methyl sites for hydroxylation is 1. The quantitative estimate of drug-likeness (QED) is 0.858. The van der Waals surface area contributed by atoms with Crippen molar-refractivity contribution in [3.63, 3.8) is 0 Å². The van der Waals surface area contributed by atoms with Crippen LogP contribution in [0.15, 0.2) is 24.5 Å². The number of carbonyl (C=O) groups excluding carboxylic acids is 1. The Balaban J connectivity index is 1.45. The molecule has 0 radical (unpaired) electrons. The van der Waals surface area contributed by atoms with E-state index < -0.39 is 0 Å². The highest BCUT2D eigenvalue weighted by molar-refractivity contribution is 5.92. The molecule has 2 aromatic rings. The number of hydrogen-bond donors (Lipinski definition) is 2. The molecule has 7 heteroatoms. The first-order valence-corrected chi connectivity index (χ1v) is 9.51. The highest BCUT2D eigenvalue weighted by Gasteiger charge is 2.35. The summed E-state index contributed by atoms with van der Waals surface area (Å²) in [6.45, 7) is 2.04. The van der Waals surface area contributed by atoms with Crippen LogP contribution in [0.1, 0.15) is 72.4 Å². The van der Waals surface area contributed by atoms with E-state index in [1.54, 1.807) is 12.4 Å². The highest BCUT2D eigenvalue weighted by Crippen LogP contribution is 2.40. The Bertz CT molecular complexity index is 776. The molecule has 0 unspecified atom stereocenters. The summed E-state index contributed by atoms with van der Waals surface area (Å²) in [5, 5.41) is 11.4. The molecule has 26 heavy (non-hydrogen) atoms. The maximum absolute atomic E-state index is 12.7. The van der Waals surface area contributed by atoms with Crippen LogP contribution in [0.5, 0.6) is 0 Å². The third kappa shape index (κ3) is 3.77. The number of rotatable bonds is 5. The van der Waals surface area contributed by atoms with E-state index in [1.165, 1.54) is 0 Å². The monoisotopic (exact) mass is 354 g/mol. The van der Waals surface area contributed by atoms with Gasteiger partial charge in [0, 0.05) is 12.2 Å². The number of pyridine rings is 1. The van der Waals surface area contributed by atoms with Crippen molar-refractivity contribution in [3.05, 3.63) is 41.5 Å². The number of amides is 1. The molecule has 2 fully saturated rings. The zero-order valence-corrected chi connectivity index (χ0v) is 15.1. The van der Waals surface area contributed by atoms with E-state index >= 15 is 0 Å². The molecule has 2 aromatic heterocycles. The first-order chi connectivity index (χ1) is 12.6. The summed E-state index contributed by atoms with van der Waals surface area (Å²) in [7, 11) is 0. The Morgan fingerprint density at radius 2 is 2.04 bits per heavy atom. The SMILES string of the molecule is Cc1ccnc([C@@H](NC(=O)c2cn(C3CCC(N)CC3)nn2)C2CC2)c1. The number of nitrogens with zero attached hydrogens (tertiary/aromatic N) is 4. The molecule has 2 heterocycles. The van der Waals surface area contributed by atoms with Gasteiger partial charge in [0.1, 0.15) is 0 Å². The van der Waals surface area contributed by atoms with E-state index in [2.05, 4.69) is 20.6 Å². The minimum absolute atomic E-state index is 0.0553. The van der Waals surface area contributed by atoms with Gasteiger partial charge in [-0.15, -0.1) is 5.10 Å². The molecule has 1 amide bonds. The maximum Gasteiger partial charge on any atom is 0.274 e. The predicted octanol–water partition coefficient (Wildman–Crippen LogP) is 2.31. The summed E-state index contributed by atoms with van der Waals surface area (Å²) in [4.78, 5) is 17.2. The Labute approximate surface area is 153 Å². The van der Waals surface area contributed by atoms with Crippen LogP contribution in [-0.2, 0) is 0 Å². The van der Waals surface area contributed by atoms with Gasteiger partial charge in [-0.1, -0.05) is 5.21 Å². The lowest BCUT2D eigenvalue weighted by atomic mass is 9.92. The van der Waals surface area contributed by atoms with E-state index in [0.29, 0.717) is 23.7 Å². The minimum atomic E-state index is -0.177. The van der Waals surface area contributed by atoms with Gasteiger partial charge in [0.15, 0.2) is 5.69 Å². The molecule has 0 aromatic carbocycles. The first kappa shape index (κ1) is 17.1. The second-order valence-electron chi connectivity index (χ2n) is 7.70. The topological polar surface area (TPSA) is 98.7 Å². The normalized spacial score (nSPS) is 24.2. The molecule has 7 nitrogen and oxygen atoms in total. The molecular weight excluding hydrogens is 328 g/mol. The standard InChI is InChI=1S/C19H26N6O/c1-12-8-9-21-16(10-12)18(13-2-3-13)22-19(26)17-11-25(24-23-17)15-6-4-14(20)5-7-15/h8-11,13-15,18H,2-7,20H2,1H3,(H,22,26)/t14?,15?,18-/m0/s1. The number of aromatic nitrogens is 4. The van der Waals surface area contributed by atoms with Crippen LogP contribution >= 0.6 is 0 Å². The van der Waals surface area contributed by atoms with Crippen LogP contribution in [-0.4, -0.2) is 31.9 Å². The van der Waals surface area contributed by atoms with Gasteiger partial charge < -0.3 is 11.1 Å². The van der Waals surface area contributed by atoms with Gasteiger partial charge in [-0.2, -0.15) is 0 Å². The van der Waals surface area contributed by atoms with Crippen molar-refractivity contribution in [2.45, 2.75) is 63.6 Å². The Morgan fingerprint density at radius 1 is 1.27 bits per heavy atom. The Morgan fingerprint density at radius 3 is 2.73 bits per heavy atom. The Kier molecular flexibility index (Phi) is 4.72. The fourth-order valence-corrected chi connectivity index (χ4v) is 3.73. The van der Waals surface area contributed by atoms with Gasteiger partial charge in [-0.05, 0) is 69.1 Å². The average molecular weight is 354 g/mol. The molecule has 0 saturated heterocycles. The first-order valence-electron chi connectivity index (χ1n) is 9.51. The third-order valence-electron chi connectivity index (χ3n) is 5.49. The van der Waals surface area contributed by atoms with E-state index in [9.17, 15) is 4.79 Å². The fourth-order valence-electron chi connectivity index (χ4n) is 3.73. The zero-order valence-electron chi connectivity index (χ0n) is 15.1. The predicted molar refractivity (Wildman–Crippen MR) is 97.4 cm³/mol. The molecule has 0 bridgehead atoms. The van der Waals surface area contributed by atoms with Crippen molar-refractivity contribution in [3.8, 4) is 0 Å². The van der Waals surface area contributed by atoms with Crippen molar-refractivity contribution in [2.24, 2.45) is 11.7 Å². The molecule has 0 aliphatic heterocycles. The van der Waals surface area contributed by atoms with E-state index in [-0.39, 0.29) is 11.9 Å². The summed E-state index contributed by atoms with van der Waals surface area (Å²) >= 11 is 0. The summed E-state index contributed by atoms with van der Waals surface area (Å²) in [5.74, 6) is 0.284. The number of hydrogen-bond acceptors (Lipinski definition) is 5. The number of carbonyl (C=O) groups is 1. The van der Waals surface area contributed by atoms with Crippen LogP contribution in [0.25, 0.3) is 0 Å². The van der Waals surface area contributed by atoms with Gasteiger partial charge in [-0.25, -0.2) is 4.68 Å². The zero-order chi connectivity index (χ0) is 18.1. The minimum Gasteiger partial charge on any atom is -0.342 e. The van der Waals surface area contributed by atoms with Gasteiger partial charge in [0.2, 0.25) is 0 Å². The number of nitrogens with one attached hydrogen (secondary N) is 1. The molecule has 2 aliphatic carbocycles. The number of nitrogens with two attached hydrogens (primary N) is 1. The summed E-state index contributed by atoms with van der Waals surface area (Å²) < 4.78 is 1.83. The van der Waals surface area contributed by atoms with Crippen molar-refractivity contribution < 1.29 is 4.79 Å². The van der Waals surface area contributed by atoms with E-state index in [4.69, 9.17) is 5.73 Å². The lowest BCUT2D eigenvalue weighted by Gasteiger charge is -2.25. The molecule has 1 atom stereocenters. The van der Waals surface area contributed by atoms with Crippen molar-refractivity contribution in [1.82, 2.24) is 25.3 Å². The van der Waals surface area contributed by atoms with Gasteiger partial charge >= 0.3 is 0 Å². The van der Waals surface area contributed by atoms with Crippen LogP contribution in [0, 0.1) is 12.8 Å². The average Bonchev–Trinajstić information content (AvgIpc) is 3.36. The smallest absolute Gasteiger partial charge is 0.274 e. The second-order valence-corrected chi connectivity index (χ2v) is 7.70. The van der Waals surface area contributed by atoms with Crippen LogP contribution in [0.3, 0.4) is 0 Å². The fraction of sp³-hybridized carbons (Fsp3) is 0.579. The summed E-state index contributed by atoms with van der Waals surface area (Å²) in [6, 6.07) is 4.54. The van der Waals surface area contributed by atoms with E-state index in [0.717, 1.165) is 49.8 Å². The van der Waals surface area contributed by atoms with Crippen molar-refractivity contribution >= 4 is 5.91 Å². The third-order valence-corrected chi connectivity index (χ3v) is 5.49. The molecule has 0 spiro atoms. The molecule has 138 valence electrons. The van der Waals surface area contributed by atoms with Gasteiger partial charge in [0.05, 0.1) is 24.0 Å². The second kappa shape index (κ2) is 7.15. The van der Waals surface area contributed by atoms with Gasteiger partial charge in [0.25, 0.3) is 5.91 Å². The van der Waals surface area contributed by atoms with Crippen molar-refractivity contribution in [2.75, 3.05) is 0 Å². The summed E-state index contributed by atoms with van der Waals surface area (Å²) in [5.41, 5.74) is 8.42. The lowest BCUT2D eigenvalue weighted by Crippen LogP contribution is -2.31. The van der Waals surface area contributed by atoms with Crippen LogP contribution < -0.4 is 11.1 Å². The van der Waals surface area contributed by atoms with E-state index in [1.807, 2.05) is 23.7 Å². The largest absolute Gasteiger partial charge is 0.342 e. The molecule has 4 rings (SSSR count). The molecular formula is C19H26N6O. The molecule has 2 aliphatic rings.